The van der Waals surface area contributed by atoms with Crippen LogP contribution in [0.4, 0.5) is 16.2 Å². The van der Waals surface area contributed by atoms with Gasteiger partial charge < -0.3 is 5.43 Å². The summed E-state index contributed by atoms with van der Waals surface area (Å²) in [6.45, 7) is 1.80. The van der Waals surface area contributed by atoms with Crippen LogP contribution in [0, 0.1) is 5.82 Å². The molecule has 1 aromatic heterocycles. The highest BCUT2D eigenvalue weighted by Crippen LogP contribution is 2.15. The molecular formula is C9H15FN6. The van der Waals surface area contributed by atoms with Crippen molar-refractivity contribution < 1.29 is 4.39 Å². The Morgan fingerprint density at radius 1 is 1.31 bits per heavy atom. The average Bonchev–Trinajstić information content (AvgIpc) is 2.33. The maximum absolute atomic E-state index is 13.4. The van der Waals surface area contributed by atoms with Crippen molar-refractivity contribution in [3.05, 3.63) is 12.0 Å². The zero-order valence-electron chi connectivity index (χ0n) is 8.91. The first kappa shape index (κ1) is 11.0. The lowest BCUT2D eigenvalue weighted by atomic mass is 10.2. The fourth-order valence-electron chi connectivity index (χ4n) is 1.67. The van der Waals surface area contributed by atoms with Crippen molar-refractivity contribution in [1.82, 2.24) is 15.0 Å². The van der Waals surface area contributed by atoms with Crippen LogP contribution < -0.4 is 16.7 Å². The largest absolute Gasteiger partial charge is 0.300 e. The molecule has 1 aromatic rings. The van der Waals surface area contributed by atoms with Gasteiger partial charge in [-0.05, 0) is 12.8 Å². The summed E-state index contributed by atoms with van der Waals surface area (Å²) in [6, 6.07) is 0. The molecule has 0 bridgehead atoms. The number of nitrogens with one attached hydrogen (secondary N) is 2. The van der Waals surface area contributed by atoms with E-state index in [1.165, 1.54) is 6.42 Å². The number of hydrazine groups is 2. The number of hydrogen-bond donors (Lipinski definition) is 3. The quantitative estimate of drug-likeness (QED) is 0.520. The van der Waals surface area contributed by atoms with E-state index in [0.29, 0.717) is 0 Å². The van der Waals surface area contributed by atoms with Gasteiger partial charge in [0.2, 0.25) is 5.95 Å². The number of aromatic nitrogens is 2. The Hall–Kier alpha value is -1.47. The highest BCUT2D eigenvalue weighted by Gasteiger charge is 2.13. The van der Waals surface area contributed by atoms with Crippen molar-refractivity contribution in [2.75, 3.05) is 23.9 Å². The van der Waals surface area contributed by atoms with Crippen molar-refractivity contribution in [3.8, 4) is 0 Å². The van der Waals surface area contributed by atoms with Crippen molar-refractivity contribution >= 4 is 11.8 Å². The number of nitrogens with two attached hydrogens (primary N) is 1. The van der Waals surface area contributed by atoms with Gasteiger partial charge in [-0.2, -0.15) is 4.98 Å². The summed E-state index contributed by atoms with van der Waals surface area (Å²) in [5.41, 5.74) is 5.22. The summed E-state index contributed by atoms with van der Waals surface area (Å²) in [4.78, 5) is 7.58. The summed E-state index contributed by atoms with van der Waals surface area (Å²) >= 11 is 0. The van der Waals surface area contributed by atoms with Gasteiger partial charge in [0, 0.05) is 13.1 Å². The Morgan fingerprint density at radius 3 is 2.75 bits per heavy atom. The molecule has 2 rings (SSSR count). The Morgan fingerprint density at radius 2 is 2.06 bits per heavy atom. The second-order valence-corrected chi connectivity index (χ2v) is 3.69. The first-order chi connectivity index (χ1) is 7.79. The average molecular weight is 226 g/mol. The summed E-state index contributed by atoms with van der Waals surface area (Å²) < 4.78 is 13.4. The minimum Gasteiger partial charge on any atom is -0.300 e. The summed E-state index contributed by atoms with van der Waals surface area (Å²) in [5, 5.41) is 1.95. The third-order valence-corrected chi connectivity index (χ3v) is 2.49. The lowest BCUT2D eigenvalue weighted by Crippen LogP contribution is -2.35. The van der Waals surface area contributed by atoms with Gasteiger partial charge in [0.15, 0.2) is 11.6 Å². The monoisotopic (exact) mass is 226 g/mol. The van der Waals surface area contributed by atoms with E-state index in [0.717, 1.165) is 32.1 Å². The second-order valence-electron chi connectivity index (χ2n) is 3.69. The number of nitrogen functional groups attached to an aromatic ring is 1. The molecule has 0 spiro atoms. The molecule has 1 aliphatic rings. The van der Waals surface area contributed by atoms with Gasteiger partial charge in [-0.15, -0.1) is 0 Å². The fraction of sp³-hybridized carbons (Fsp3) is 0.556. The second kappa shape index (κ2) is 5.04. The van der Waals surface area contributed by atoms with E-state index in [1.807, 2.05) is 5.01 Å². The molecule has 7 heteroatoms. The molecule has 2 heterocycles. The van der Waals surface area contributed by atoms with E-state index >= 15 is 0 Å². The lowest BCUT2D eigenvalue weighted by Gasteiger charge is -2.27. The van der Waals surface area contributed by atoms with Gasteiger partial charge in [-0.1, -0.05) is 6.42 Å². The zero-order chi connectivity index (χ0) is 11.4. The number of rotatable bonds is 3. The normalized spacial score (nSPS) is 17.1. The summed E-state index contributed by atoms with van der Waals surface area (Å²) in [7, 11) is 0. The molecular weight excluding hydrogens is 211 g/mol. The van der Waals surface area contributed by atoms with Crippen LogP contribution in [-0.2, 0) is 0 Å². The predicted molar refractivity (Wildman–Crippen MR) is 58.8 cm³/mol. The predicted octanol–water partition coefficient (Wildman–Crippen LogP) is 0.714. The van der Waals surface area contributed by atoms with E-state index in [1.54, 1.807) is 0 Å². The van der Waals surface area contributed by atoms with Gasteiger partial charge >= 0.3 is 0 Å². The number of anilines is 2. The molecule has 0 aliphatic carbocycles. The summed E-state index contributed by atoms with van der Waals surface area (Å²) in [6.07, 6.45) is 4.54. The molecule has 1 saturated heterocycles. The van der Waals surface area contributed by atoms with Gasteiger partial charge in [-0.25, -0.2) is 20.2 Å². The van der Waals surface area contributed by atoms with Crippen LogP contribution in [0.1, 0.15) is 19.3 Å². The highest BCUT2D eigenvalue weighted by atomic mass is 19.1. The molecule has 88 valence electrons. The molecule has 0 saturated carbocycles. The van der Waals surface area contributed by atoms with Crippen molar-refractivity contribution in [2.24, 2.45) is 5.84 Å². The Balaban J connectivity index is 2.06. The van der Waals surface area contributed by atoms with Crippen LogP contribution in [0.15, 0.2) is 6.20 Å². The molecule has 0 radical (unpaired) electrons. The Bertz CT molecular complexity index is 352. The zero-order valence-corrected chi connectivity index (χ0v) is 8.91. The molecule has 0 atom stereocenters. The Labute approximate surface area is 93.0 Å². The van der Waals surface area contributed by atoms with Gasteiger partial charge in [0.25, 0.3) is 0 Å². The SMILES string of the molecule is NNc1ncc(F)c(NN2CCCCC2)n1. The minimum absolute atomic E-state index is 0.157. The molecule has 1 fully saturated rings. The van der Waals surface area contributed by atoms with E-state index in [4.69, 9.17) is 5.84 Å². The molecule has 0 aromatic carbocycles. The highest BCUT2D eigenvalue weighted by molar-refractivity contribution is 5.39. The van der Waals surface area contributed by atoms with E-state index in [9.17, 15) is 4.39 Å². The number of halogens is 1. The van der Waals surface area contributed by atoms with E-state index in [2.05, 4.69) is 20.8 Å². The summed E-state index contributed by atoms with van der Waals surface area (Å²) in [5.74, 6) is 5.03. The minimum atomic E-state index is -0.482. The molecule has 0 unspecified atom stereocenters. The molecule has 6 nitrogen and oxygen atoms in total. The van der Waals surface area contributed by atoms with Gasteiger partial charge in [0.1, 0.15) is 0 Å². The van der Waals surface area contributed by atoms with Crippen LogP contribution in [0.5, 0.6) is 0 Å². The standard InChI is InChI=1S/C9H15FN6/c10-7-6-12-9(14-11)13-8(7)15-16-4-2-1-3-5-16/h6H,1-5,11H2,(H2,12,13,14,15). The topological polar surface area (TPSA) is 79.1 Å². The van der Waals surface area contributed by atoms with Crippen molar-refractivity contribution in [3.63, 3.8) is 0 Å². The van der Waals surface area contributed by atoms with Crippen LogP contribution in [-0.4, -0.2) is 28.1 Å². The number of piperidine rings is 1. The van der Waals surface area contributed by atoms with Crippen LogP contribution in [0.3, 0.4) is 0 Å². The van der Waals surface area contributed by atoms with Gasteiger partial charge in [-0.3, -0.25) is 5.43 Å². The van der Waals surface area contributed by atoms with Gasteiger partial charge in [0.05, 0.1) is 6.20 Å². The third kappa shape index (κ3) is 2.56. The Kier molecular flexibility index (Phi) is 3.47. The van der Waals surface area contributed by atoms with Crippen molar-refractivity contribution in [2.45, 2.75) is 19.3 Å². The third-order valence-electron chi connectivity index (χ3n) is 2.49. The van der Waals surface area contributed by atoms with E-state index < -0.39 is 5.82 Å². The van der Waals surface area contributed by atoms with Crippen LogP contribution in [0.2, 0.25) is 0 Å². The molecule has 4 N–H and O–H groups in total. The maximum Gasteiger partial charge on any atom is 0.239 e. The van der Waals surface area contributed by atoms with Crippen molar-refractivity contribution in [1.29, 1.82) is 0 Å². The molecule has 0 amide bonds. The number of nitrogens with zero attached hydrogens (tertiary/aromatic N) is 3. The van der Waals surface area contributed by atoms with Crippen LogP contribution >= 0.6 is 0 Å². The maximum atomic E-state index is 13.4. The van der Waals surface area contributed by atoms with Crippen LogP contribution in [0.25, 0.3) is 0 Å². The molecule has 1 aliphatic heterocycles. The lowest BCUT2D eigenvalue weighted by molar-refractivity contribution is 0.270. The molecule has 16 heavy (non-hydrogen) atoms. The fourth-order valence-corrected chi connectivity index (χ4v) is 1.67. The van der Waals surface area contributed by atoms with E-state index in [-0.39, 0.29) is 11.8 Å². The smallest absolute Gasteiger partial charge is 0.239 e. The first-order valence-corrected chi connectivity index (χ1v) is 5.30. The number of hydrogen-bond acceptors (Lipinski definition) is 6. The first-order valence-electron chi connectivity index (χ1n) is 5.30.